The van der Waals surface area contributed by atoms with E-state index < -0.39 is 27.7 Å². The van der Waals surface area contributed by atoms with Gasteiger partial charge in [-0.15, -0.1) is 0 Å². The van der Waals surface area contributed by atoms with Crippen LogP contribution in [-0.4, -0.2) is 32.3 Å². The third-order valence-electron chi connectivity index (χ3n) is 2.06. The molecule has 0 radical (unpaired) electrons. The molecular formula is C9H16N2O3S. The molecule has 86 valence electrons. The smallest absolute Gasteiger partial charge is 0.405 e. The Balaban J connectivity index is 2.54. The van der Waals surface area contributed by atoms with Crippen LogP contribution in [0.4, 0.5) is 4.79 Å². The van der Waals surface area contributed by atoms with Crippen LogP contribution in [0.3, 0.4) is 0 Å². The molecule has 1 atom stereocenters. The van der Waals surface area contributed by atoms with Crippen LogP contribution >= 0.6 is 0 Å². The van der Waals surface area contributed by atoms with E-state index in [0.717, 1.165) is 12.8 Å². The first-order valence-corrected chi connectivity index (χ1v) is 5.84. The molecule has 1 unspecified atom stereocenters. The van der Waals surface area contributed by atoms with Gasteiger partial charge in [-0.3, -0.25) is 0 Å². The summed E-state index contributed by atoms with van der Waals surface area (Å²) in [7, 11) is 0. The number of carbonyl (C=O) groups is 1. The van der Waals surface area contributed by atoms with Crippen molar-refractivity contribution >= 4 is 23.7 Å². The molecule has 6 heteroatoms. The molecule has 1 amide bonds. The molecule has 0 aliphatic heterocycles. The minimum atomic E-state index is -1.32. The van der Waals surface area contributed by atoms with Crippen LogP contribution in [0.25, 0.3) is 0 Å². The summed E-state index contributed by atoms with van der Waals surface area (Å²) in [6.45, 7) is 5.47. The van der Waals surface area contributed by atoms with Crippen molar-refractivity contribution in [1.82, 2.24) is 5.32 Å². The second-order valence-electron chi connectivity index (χ2n) is 4.68. The van der Waals surface area contributed by atoms with Crippen molar-refractivity contribution < 1.29 is 14.5 Å². The minimum absolute atomic E-state index is 0.407. The van der Waals surface area contributed by atoms with Gasteiger partial charge in [-0.1, -0.05) is 4.40 Å². The van der Waals surface area contributed by atoms with Gasteiger partial charge in [0, 0.05) is 0 Å². The lowest BCUT2D eigenvalue weighted by molar-refractivity contribution is 0.192. The van der Waals surface area contributed by atoms with Crippen LogP contribution < -0.4 is 5.32 Å². The van der Waals surface area contributed by atoms with Crippen LogP contribution in [0, 0.1) is 0 Å². The Morgan fingerprint density at radius 3 is 2.47 bits per heavy atom. The predicted octanol–water partition coefficient (Wildman–Crippen LogP) is 1.32. The molecule has 0 aromatic carbocycles. The zero-order valence-corrected chi connectivity index (χ0v) is 9.93. The lowest BCUT2D eigenvalue weighted by Crippen LogP contribution is -2.37. The zero-order chi connectivity index (χ0) is 11.7. The summed E-state index contributed by atoms with van der Waals surface area (Å²) in [5.74, 6) is 0. The molecule has 5 nitrogen and oxygen atoms in total. The highest BCUT2D eigenvalue weighted by Crippen LogP contribution is 2.34. The normalized spacial score (nSPS) is 21.3. The standard InChI is InChI=1S/C9H16N2O3S/c1-8(2,3)15(14)10-6-9(4-5-9)11-7(12)13/h6,11H,4-5H2,1-3H3,(H,12,13). The van der Waals surface area contributed by atoms with E-state index >= 15 is 0 Å². The van der Waals surface area contributed by atoms with Gasteiger partial charge in [-0.05, 0) is 33.6 Å². The van der Waals surface area contributed by atoms with Gasteiger partial charge in [0.05, 0.1) is 11.8 Å². The van der Waals surface area contributed by atoms with Crippen LogP contribution in [0.15, 0.2) is 4.40 Å². The quantitative estimate of drug-likeness (QED) is 0.568. The Bertz CT molecular complexity index is 282. The molecule has 1 rings (SSSR count). The molecule has 0 spiro atoms. The third kappa shape index (κ3) is 3.71. The average Bonchev–Trinajstić information content (AvgIpc) is 2.78. The minimum Gasteiger partial charge on any atom is -0.591 e. The topological polar surface area (TPSA) is 84.8 Å². The van der Waals surface area contributed by atoms with E-state index in [1.165, 1.54) is 6.21 Å². The van der Waals surface area contributed by atoms with Crippen molar-refractivity contribution in [3.8, 4) is 0 Å². The van der Waals surface area contributed by atoms with Gasteiger partial charge in [0.15, 0.2) is 0 Å². The second-order valence-corrected chi connectivity index (χ2v) is 6.62. The number of nitrogens with one attached hydrogen (secondary N) is 1. The van der Waals surface area contributed by atoms with Gasteiger partial charge in [0.1, 0.15) is 16.1 Å². The highest BCUT2D eigenvalue weighted by atomic mass is 32.2. The fourth-order valence-corrected chi connectivity index (χ4v) is 1.55. The average molecular weight is 232 g/mol. The molecule has 0 bridgehead atoms. The maximum absolute atomic E-state index is 11.6. The molecule has 0 saturated heterocycles. The van der Waals surface area contributed by atoms with Crippen molar-refractivity contribution in [3.63, 3.8) is 0 Å². The maximum Gasteiger partial charge on any atom is 0.405 e. The van der Waals surface area contributed by atoms with Gasteiger partial charge in [-0.2, -0.15) is 0 Å². The van der Waals surface area contributed by atoms with Crippen molar-refractivity contribution in [2.45, 2.75) is 43.9 Å². The highest BCUT2D eigenvalue weighted by molar-refractivity contribution is 7.91. The van der Waals surface area contributed by atoms with Gasteiger partial charge in [0.25, 0.3) is 0 Å². The molecular weight excluding hydrogens is 216 g/mol. The van der Waals surface area contributed by atoms with Crippen molar-refractivity contribution in [2.75, 3.05) is 0 Å². The molecule has 1 fully saturated rings. The zero-order valence-electron chi connectivity index (χ0n) is 9.11. The number of carboxylic acid groups (broad SMARTS) is 1. The summed E-state index contributed by atoms with van der Waals surface area (Å²) in [6.07, 6.45) is 1.86. The number of amides is 1. The molecule has 0 heterocycles. The van der Waals surface area contributed by atoms with Gasteiger partial charge in [-0.25, -0.2) is 4.79 Å². The third-order valence-corrected chi connectivity index (χ3v) is 3.41. The van der Waals surface area contributed by atoms with E-state index in [0.29, 0.717) is 0 Å². The Hall–Kier alpha value is -0.750. The van der Waals surface area contributed by atoms with E-state index in [4.69, 9.17) is 5.11 Å². The summed E-state index contributed by atoms with van der Waals surface area (Å²) in [6, 6.07) is 0. The van der Waals surface area contributed by atoms with E-state index in [1.54, 1.807) is 0 Å². The van der Waals surface area contributed by atoms with Gasteiger partial charge < -0.3 is 15.0 Å². The maximum atomic E-state index is 11.6. The van der Waals surface area contributed by atoms with Crippen molar-refractivity contribution in [1.29, 1.82) is 0 Å². The molecule has 1 saturated carbocycles. The molecule has 0 aromatic rings. The summed E-state index contributed by atoms with van der Waals surface area (Å²) in [5.41, 5.74) is -0.563. The molecule has 1 aliphatic rings. The van der Waals surface area contributed by atoms with E-state index in [2.05, 4.69) is 9.71 Å². The molecule has 1 aliphatic carbocycles. The lowest BCUT2D eigenvalue weighted by atomic mass is 10.3. The number of hydrogen-bond acceptors (Lipinski definition) is 3. The van der Waals surface area contributed by atoms with Crippen LogP contribution in [0.1, 0.15) is 33.6 Å². The first-order valence-electron chi connectivity index (χ1n) is 4.74. The molecule has 2 N–H and O–H groups in total. The van der Waals surface area contributed by atoms with E-state index in [-0.39, 0.29) is 0 Å². The SMILES string of the molecule is CC(C)(C)[S+]([O-])N=CC1(NC(=O)O)CC1. The monoisotopic (exact) mass is 232 g/mol. The van der Waals surface area contributed by atoms with Gasteiger partial charge in [0.2, 0.25) is 0 Å². The fourth-order valence-electron chi connectivity index (χ4n) is 0.941. The number of rotatable bonds is 3. The van der Waals surface area contributed by atoms with E-state index in [9.17, 15) is 9.35 Å². The number of nitrogens with zero attached hydrogens (tertiary/aromatic N) is 1. The molecule has 15 heavy (non-hydrogen) atoms. The van der Waals surface area contributed by atoms with Crippen LogP contribution in [-0.2, 0) is 11.4 Å². The molecule has 0 aromatic heterocycles. The second kappa shape index (κ2) is 4.02. The summed E-state index contributed by atoms with van der Waals surface area (Å²) < 4.78 is 15.1. The van der Waals surface area contributed by atoms with Crippen LogP contribution in [0.2, 0.25) is 0 Å². The summed E-state index contributed by atoms with van der Waals surface area (Å²) in [5, 5.41) is 10.9. The first-order chi connectivity index (χ1) is 6.75. The number of hydrogen-bond donors (Lipinski definition) is 2. The van der Waals surface area contributed by atoms with Crippen molar-refractivity contribution in [2.24, 2.45) is 4.40 Å². The highest BCUT2D eigenvalue weighted by Gasteiger charge is 2.44. The van der Waals surface area contributed by atoms with Gasteiger partial charge >= 0.3 is 6.09 Å². The van der Waals surface area contributed by atoms with Crippen LogP contribution in [0.5, 0.6) is 0 Å². The summed E-state index contributed by atoms with van der Waals surface area (Å²) >= 11 is -1.32. The first kappa shape index (κ1) is 12.3. The largest absolute Gasteiger partial charge is 0.591 e. The fraction of sp³-hybridized carbons (Fsp3) is 0.778. The Morgan fingerprint density at radius 2 is 2.13 bits per heavy atom. The Kier molecular flexibility index (Phi) is 3.30. The van der Waals surface area contributed by atoms with E-state index in [1.807, 2.05) is 20.8 Å². The lowest BCUT2D eigenvalue weighted by Gasteiger charge is -2.18. The Labute approximate surface area is 92.3 Å². The Morgan fingerprint density at radius 1 is 1.60 bits per heavy atom. The summed E-state index contributed by atoms with van der Waals surface area (Å²) in [4.78, 5) is 10.4. The predicted molar refractivity (Wildman–Crippen MR) is 59.5 cm³/mol. The van der Waals surface area contributed by atoms with Crippen molar-refractivity contribution in [3.05, 3.63) is 0 Å².